The van der Waals surface area contributed by atoms with Gasteiger partial charge in [0.1, 0.15) is 10.8 Å². The summed E-state index contributed by atoms with van der Waals surface area (Å²) in [6.45, 7) is 0. The van der Waals surface area contributed by atoms with Crippen molar-refractivity contribution in [2.75, 3.05) is 0 Å². The number of thiazole rings is 1. The third-order valence-corrected chi connectivity index (χ3v) is 3.89. The Kier molecular flexibility index (Phi) is 3.37. The highest BCUT2D eigenvalue weighted by Crippen LogP contribution is 2.27. The molecule has 0 aliphatic carbocycles. The maximum Gasteiger partial charge on any atom is 0.271 e. The Morgan fingerprint density at radius 1 is 1.19 bits per heavy atom. The highest BCUT2D eigenvalue weighted by Gasteiger charge is 2.09. The molecule has 21 heavy (non-hydrogen) atoms. The molecular weight excluding hydrogens is 288 g/mol. The fourth-order valence-corrected chi connectivity index (χ4v) is 2.77. The van der Waals surface area contributed by atoms with Gasteiger partial charge in [-0.25, -0.2) is 4.98 Å². The average molecular weight is 298 g/mol. The van der Waals surface area contributed by atoms with Gasteiger partial charge >= 0.3 is 0 Å². The van der Waals surface area contributed by atoms with Crippen LogP contribution in [0.4, 0.5) is 5.69 Å². The first-order valence-electron chi connectivity index (χ1n) is 6.14. The van der Waals surface area contributed by atoms with Crippen molar-refractivity contribution in [3.05, 3.63) is 63.1 Å². The van der Waals surface area contributed by atoms with Gasteiger partial charge in [0.2, 0.25) is 0 Å². The van der Waals surface area contributed by atoms with Crippen LogP contribution >= 0.6 is 11.3 Å². The molecule has 0 bridgehead atoms. The van der Waals surface area contributed by atoms with E-state index in [1.54, 1.807) is 24.3 Å². The van der Waals surface area contributed by atoms with E-state index in [0.717, 1.165) is 15.3 Å². The molecule has 104 valence electrons. The third kappa shape index (κ3) is 2.90. The monoisotopic (exact) mass is 298 g/mol. The summed E-state index contributed by atoms with van der Waals surface area (Å²) in [5, 5.41) is 20.9. The van der Waals surface area contributed by atoms with Gasteiger partial charge in [-0.1, -0.05) is 18.2 Å². The molecule has 3 rings (SSSR count). The molecule has 0 aliphatic rings. The van der Waals surface area contributed by atoms with Crippen molar-refractivity contribution in [2.24, 2.45) is 0 Å². The number of phenols is 1. The lowest BCUT2D eigenvalue weighted by Gasteiger charge is -1.93. The van der Waals surface area contributed by atoms with Gasteiger partial charge in [0.25, 0.3) is 5.69 Å². The normalized spacial score (nSPS) is 11.2. The minimum Gasteiger partial charge on any atom is -0.508 e. The Hall–Kier alpha value is -2.73. The van der Waals surface area contributed by atoms with Gasteiger partial charge < -0.3 is 5.11 Å². The van der Waals surface area contributed by atoms with Crippen molar-refractivity contribution < 1.29 is 10.0 Å². The summed E-state index contributed by atoms with van der Waals surface area (Å²) in [5.41, 5.74) is 1.52. The van der Waals surface area contributed by atoms with E-state index in [0.29, 0.717) is 5.52 Å². The van der Waals surface area contributed by atoms with Crippen LogP contribution in [0.5, 0.6) is 5.75 Å². The molecule has 0 radical (unpaired) electrons. The van der Waals surface area contributed by atoms with Crippen LogP contribution in [0, 0.1) is 10.1 Å². The summed E-state index contributed by atoms with van der Waals surface area (Å²) in [7, 11) is 0. The van der Waals surface area contributed by atoms with Crippen LogP contribution in [-0.4, -0.2) is 15.0 Å². The van der Waals surface area contributed by atoms with Crippen molar-refractivity contribution in [1.29, 1.82) is 0 Å². The largest absolute Gasteiger partial charge is 0.508 e. The quantitative estimate of drug-likeness (QED) is 0.584. The zero-order valence-corrected chi connectivity index (χ0v) is 11.6. The summed E-state index contributed by atoms with van der Waals surface area (Å²) in [6.07, 6.45) is 3.66. The van der Waals surface area contributed by atoms with Crippen molar-refractivity contribution in [2.45, 2.75) is 0 Å². The number of nitro groups is 1. The number of benzene rings is 2. The fraction of sp³-hybridized carbons (Fsp3) is 0. The number of non-ortho nitro benzene ring substituents is 1. The van der Waals surface area contributed by atoms with E-state index >= 15 is 0 Å². The number of fused-ring (bicyclic) bond motifs is 1. The fourth-order valence-electron chi connectivity index (χ4n) is 1.91. The van der Waals surface area contributed by atoms with Crippen LogP contribution in [-0.2, 0) is 0 Å². The summed E-state index contributed by atoms with van der Waals surface area (Å²) < 4.78 is 0.899. The van der Waals surface area contributed by atoms with Gasteiger partial charge in [-0.2, -0.15) is 0 Å². The molecule has 1 aromatic heterocycles. The Balaban J connectivity index is 1.92. The predicted octanol–water partition coefficient (Wildman–Crippen LogP) is 4.08. The molecule has 5 nitrogen and oxygen atoms in total. The maximum atomic E-state index is 10.7. The molecule has 0 atom stereocenters. The van der Waals surface area contributed by atoms with Crippen LogP contribution in [0.1, 0.15) is 10.6 Å². The SMILES string of the molecule is O=[N+]([O-])c1ccc2sc(/C=C/c3cccc(O)c3)nc2c1. The van der Waals surface area contributed by atoms with Crippen LogP contribution < -0.4 is 0 Å². The van der Waals surface area contributed by atoms with Gasteiger partial charge in [-0.15, -0.1) is 11.3 Å². The molecule has 6 heteroatoms. The number of phenolic OH excluding ortho intramolecular Hbond substituents is 1. The van der Waals surface area contributed by atoms with E-state index in [2.05, 4.69) is 4.98 Å². The number of aromatic hydroxyl groups is 1. The molecule has 0 saturated carbocycles. The van der Waals surface area contributed by atoms with Crippen molar-refractivity contribution >= 4 is 39.4 Å². The van der Waals surface area contributed by atoms with E-state index < -0.39 is 4.92 Å². The Morgan fingerprint density at radius 3 is 2.81 bits per heavy atom. The molecule has 0 amide bonds. The lowest BCUT2D eigenvalue weighted by molar-refractivity contribution is -0.384. The van der Waals surface area contributed by atoms with Crippen molar-refractivity contribution in [3.8, 4) is 5.75 Å². The third-order valence-electron chi connectivity index (χ3n) is 2.89. The molecule has 1 heterocycles. The minimum atomic E-state index is -0.430. The first-order chi connectivity index (χ1) is 10.1. The lowest BCUT2D eigenvalue weighted by Crippen LogP contribution is -1.86. The first-order valence-corrected chi connectivity index (χ1v) is 6.95. The van der Waals surface area contributed by atoms with Gasteiger partial charge in [0.15, 0.2) is 0 Å². The van der Waals surface area contributed by atoms with E-state index in [9.17, 15) is 15.2 Å². The predicted molar refractivity (Wildman–Crippen MR) is 83.3 cm³/mol. The zero-order valence-electron chi connectivity index (χ0n) is 10.8. The number of nitro benzene ring substituents is 1. The minimum absolute atomic E-state index is 0.0383. The van der Waals surface area contributed by atoms with Crippen LogP contribution in [0.25, 0.3) is 22.4 Å². The molecule has 0 fully saturated rings. The smallest absolute Gasteiger partial charge is 0.271 e. The highest BCUT2D eigenvalue weighted by atomic mass is 32.1. The van der Waals surface area contributed by atoms with Gasteiger partial charge in [0.05, 0.1) is 15.1 Å². The highest BCUT2D eigenvalue weighted by molar-refractivity contribution is 7.19. The second kappa shape index (κ2) is 5.34. The van der Waals surface area contributed by atoms with E-state index in [4.69, 9.17) is 0 Å². The van der Waals surface area contributed by atoms with Crippen molar-refractivity contribution in [3.63, 3.8) is 0 Å². The van der Waals surface area contributed by atoms with E-state index in [1.165, 1.54) is 23.5 Å². The van der Waals surface area contributed by atoms with Crippen molar-refractivity contribution in [1.82, 2.24) is 4.98 Å². The Morgan fingerprint density at radius 2 is 2.05 bits per heavy atom. The van der Waals surface area contributed by atoms with Gasteiger partial charge in [-0.05, 0) is 29.8 Å². The summed E-state index contributed by atoms with van der Waals surface area (Å²) in [4.78, 5) is 14.7. The number of nitrogens with zero attached hydrogens (tertiary/aromatic N) is 2. The zero-order chi connectivity index (χ0) is 14.8. The van der Waals surface area contributed by atoms with Crippen LogP contribution in [0.3, 0.4) is 0 Å². The first kappa shape index (κ1) is 13.3. The second-order valence-corrected chi connectivity index (χ2v) is 5.45. The molecule has 0 spiro atoms. The molecule has 2 aromatic carbocycles. The van der Waals surface area contributed by atoms with Crippen LogP contribution in [0.15, 0.2) is 42.5 Å². The topological polar surface area (TPSA) is 76.3 Å². The molecular formula is C15H10N2O3S. The molecule has 0 unspecified atom stereocenters. The number of aromatic nitrogens is 1. The van der Waals surface area contributed by atoms with Gasteiger partial charge in [0, 0.05) is 12.1 Å². The average Bonchev–Trinajstić information content (AvgIpc) is 2.87. The molecule has 1 N–H and O–H groups in total. The van der Waals surface area contributed by atoms with Gasteiger partial charge in [-0.3, -0.25) is 10.1 Å². The Labute approximate surface area is 124 Å². The van der Waals surface area contributed by atoms with Crippen LogP contribution in [0.2, 0.25) is 0 Å². The summed E-state index contributed by atoms with van der Waals surface area (Å²) in [5.74, 6) is 0.206. The van der Waals surface area contributed by atoms with E-state index in [-0.39, 0.29) is 11.4 Å². The second-order valence-electron chi connectivity index (χ2n) is 4.39. The standard InChI is InChI=1S/C15H10N2O3S/c18-12-3-1-2-10(8-12)4-7-15-16-13-9-11(17(19)20)5-6-14(13)21-15/h1-9,18H/b7-4+. The molecule has 0 aliphatic heterocycles. The number of rotatable bonds is 3. The lowest BCUT2D eigenvalue weighted by atomic mass is 10.2. The Bertz CT molecular complexity index is 855. The molecule has 3 aromatic rings. The maximum absolute atomic E-state index is 10.7. The van der Waals surface area contributed by atoms with E-state index in [1.807, 2.05) is 18.2 Å². The summed E-state index contributed by atoms with van der Waals surface area (Å²) >= 11 is 1.46. The number of hydrogen-bond acceptors (Lipinski definition) is 5. The summed E-state index contributed by atoms with van der Waals surface area (Å²) in [6, 6.07) is 11.5. The molecule has 0 saturated heterocycles. The number of hydrogen-bond donors (Lipinski definition) is 1.